The van der Waals surface area contributed by atoms with Gasteiger partial charge in [-0.25, -0.2) is 0 Å². The van der Waals surface area contributed by atoms with Crippen LogP contribution in [0.2, 0.25) is 0 Å². The summed E-state index contributed by atoms with van der Waals surface area (Å²) in [6.07, 6.45) is 4.32. The Labute approximate surface area is 71.6 Å². The van der Waals surface area contributed by atoms with Crippen molar-refractivity contribution in [2.75, 3.05) is 0 Å². The van der Waals surface area contributed by atoms with Gasteiger partial charge in [-0.3, -0.25) is 9.59 Å². The minimum absolute atomic E-state index is 0.270. The molecule has 2 aliphatic carbocycles. The molecule has 0 aliphatic heterocycles. The molecule has 0 unspecified atom stereocenters. The van der Waals surface area contributed by atoms with Gasteiger partial charge in [-0.15, -0.1) is 0 Å². The highest BCUT2D eigenvalue weighted by atomic mass is 16.1. The maximum Gasteiger partial charge on any atom is 0.146 e. The third-order valence-electron chi connectivity index (χ3n) is 3.15. The van der Waals surface area contributed by atoms with Crippen LogP contribution < -0.4 is 0 Å². The fraction of sp³-hybridized carbons (Fsp3) is 0.600. The summed E-state index contributed by atoms with van der Waals surface area (Å²) in [7, 11) is 0. The second-order valence-electron chi connectivity index (χ2n) is 3.90. The summed E-state index contributed by atoms with van der Waals surface area (Å²) in [6.45, 7) is 1.97. The van der Waals surface area contributed by atoms with E-state index in [-0.39, 0.29) is 11.2 Å². The van der Waals surface area contributed by atoms with Crippen LogP contribution in [0.5, 0.6) is 0 Å². The lowest BCUT2D eigenvalue weighted by Gasteiger charge is -2.30. The van der Waals surface area contributed by atoms with E-state index in [4.69, 9.17) is 0 Å². The number of carbonyl (C=O) groups excluding carboxylic acids is 2. The largest absolute Gasteiger partial charge is 0.299 e. The quantitative estimate of drug-likeness (QED) is 0.510. The zero-order valence-corrected chi connectivity index (χ0v) is 7.22. The minimum Gasteiger partial charge on any atom is -0.299 e. The first-order valence-corrected chi connectivity index (χ1v) is 4.37. The van der Waals surface area contributed by atoms with Crippen LogP contribution in [0.4, 0.5) is 0 Å². The van der Waals surface area contributed by atoms with Crippen LogP contribution in [0.25, 0.3) is 0 Å². The van der Waals surface area contributed by atoms with Crippen LogP contribution in [-0.4, -0.2) is 11.6 Å². The summed E-state index contributed by atoms with van der Waals surface area (Å²) in [4.78, 5) is 22.6. The summed E-state index contributed by atoms with van der Waals surface area (Å²) in [6, 6.07) is 0. The Bertz CT molecular complexity index is 288. The van der Waals surface area contributed by atoms with Gasteiger partial charge in [0.05, 0.1) is 0 Å². The van der Waals surface area contributed by atoms with Gasteiger partial charge < -0.3 is 0 Å². The lowest BCUT2D eigenvalue weighted by molar-refractivity contribution is -0.127. The minimum atomic E-state index is -0.270. The fourth-order valence-electron chi connectivity index (χ4n) is 2.10. The highest BCUT2D eigenvalue weighted by Crippen LogP contribution is 2.44. The molecule has 0 radical (unpaired) electrons. The van der Waals surface area contributed by atoms with Crippen LogP contribution >= 0.6 is 0 Å². The molecule has 0 amide bonds. The number of carbonyl (C=O) groups is 2. The van der Waals surface area contributed by atoms with Gasteiger partial charge in [0, 0.05) is 24.7 Å². The Hall–Kier alpha value is -0.920. The Morgan fingerprint density at radius 3 is 2.92 bits per heavy atom. The van der Waals surface area contributed by atoms with Crippen molar-refractivity contribution in [3.8, 4) is 0 Å². The molecule has 2 aliphatic rings. The number of Topliss-reactive ketones (excluding diaryl/α,β-unsaturated/α-hetero) is 2. The topological polar surface area (TPSA) is 34.1 Å². The van der Waals surface area contributed by atoms with Crippen molar-refractivity contribution >= 4 is 11.6 Å². The Balaban J connectivity index is 2.33. The van der Waals surface area contributed by atoms with E-state index in [0.717, 1.165) is 12.0 Å². The van der Waals surface area contributed by atoms with Gasteiger partial charge in [0.15, 0.2) is 0 Å². The molecule has 64 valence electrons. The zero-order chi connectivity index (χ0) is 8.77. The molecule has 1 atom stereocenters. The number of hydrogen-bond acceptors (Lipinski definition) is 2. The van der Waals surface area contributed by atoms with E-state index in [0.29, 0.717) is 25.0 Å². The molecule has 0 spiro atoms. The van der Waals surface area contributed by atoms with Gasteiger partial charge in [-0.05, 0) is 13.3 Å². The van der Waals surface area contributed by atoms with Crippen LogP contribution in [0.3, 0.4) is 0 Å². The molecule has 2 rings (SSSR count). The average molecular weight is 164 g/mol. The SMILES string of the molecule is C[C@]12CCC(=O)CC1=CCC2=O. The molecule has 2 heteroatoms. The normalized spacial score (nSPS) is 34.9. The second-order valence-corrected chi connectivity index (χ2v) is 3.90. The maximum atomic E-state index is 11.5. The predicted molar refractivity (Wildman–Crippen MR) is 44.7 cm³/mol. The summed E-state index contributed by atoms with van der Waals surface area (Å²) in [5, 5.41) is 0. The second kappa shape index (κ2) is 2.28. The zero-order valence-electron chi connectivity index (χ0n) is 7.22. The molecule has 0 N–H and O–H groups in total. The predicted octanol–water partition coefficient (Wildman–Crippen LogP) is 1.64. The van der Waals surface area contributed by atoms with Gasteiger partial charge in [0.25, 0.3) is 0 Å². The third kappa shape index (κ3) is 0.872. The van der Waals surface area contributed by atoms with E-state index in [2.05, 4.69) is 0 Å². The van der Waals surface area contributed by atoms with E-state index in [9.17, 15) is 9.59 Å². The lowest BCUT2D eigenvalue weighted by atomic mass is 9.72. The molecule has 0 aromatic heterocycles. The van der Waals surface area contributed by atoms with Crippen molar-refractivity contribution in [3.05, 3.63) is 11.6 Å². The molecule has 2 nitrogen and oxygen atoms in total. The Morgan fingerprint density at radius 1 is 1.42 bits per heavy atom. The molecule has 0 heterocycles. The van der Waals surface area contributed by atoms with Crippen molar-refractivity contribution in [1.29, 1.82) is 0 Å². The maximum absolute atomic E-state index is 11.5. The van der Waals surface area contributed by atoms with Gasteiger partial charge in [-0.1, -0.05) is 11.6 Å². The first kappa shape index (κ1) is 7.71. The first-order chi connectivity index (χ1) is 5.63. The molecule has 12 heavy (non-hydrogen) atoms. The average Bonchev–Trinajstić information content (AvgIpc) is 2.31. The monoisotopic (exact) mass is 164 g/mol. The van der Waals surface area contributed by atoms with E-state index in [1.54, 1.807) is 0 Å². The van der Waals surface area contributed by atoms with E-state index in [1.165, 1.54) is 0 Å². The fourth-order valence-corrected chi connectivity index (χ4v) is 2.10. The Kier molecular flexibility index (Phi) is 1.47. The summed E-state index contributed by atoms with van der Waals surface area (Å²) < 4.78 is 0. The molecule has 1 fully saturated rings. The molecule has 1 saturated carbocycles. The van der Waals surface area contributed by atoms with Crippen molar-refractivity contribution in [1.82, 2.24) is 0 Å². The first-order valence-electron chi connectivity index (χ1n) is 4.37. The standard InChI is InChI=1S/C10H12O2/c1-10-5-4-8(11)6-7(10)2-3-9(10)12/h2H,3-6H2,1H3/t10-/m0/s1. The molecule has 0 saturated heterocycles. The highest BCUT2D eigenvalue weighted by Gasteiger charge is 2.43. The summed E-state index contributed by atoms with van der Waals surface area (Å²) >= 11 is 0. The third-order valence-corrected chi connectivity index (χ3v) is 3.15. The van der Waals surface area contributed by atoms with Crippen LogP contribution in [-0.2, 0) is 9.59 Å². The number of ketones is 2. The molecular formula is C10H12O2. The van der Waals surface area contributed by atoms with Crippen molar-refractivity contribution in [2.45, 2.75) is 32.6 Å². The number of hydrogen-bond donors (Lipinski definition) is 0. The number of allylic oxidation sites excluding steroid dienone is 2. The summed E-state index contributed by atoms with van der Waals surface area (Å²) in [5.41, 5.74) is 0.803. The number of fused-ring (bicyclic) bond motifs is 1. The Morgan fingerprint density at radius 2 is 2.17 bits per heavy atom. The van der Waals surface area contributed by atoms with Gasteiger partial charge >= 0.3 is 0 Å². The highest BCUT2D eigenvalue weighted by molar-refractivity contribution is 5.96. The van der Waals surface area contributed by atoms with Gasteiger partial charge in [-0.2, -0.15) is 0 Å². The smallest absolute Gasteiger partial charge is 0.146 e. The van der Waals surface area contributed by atoms with Gasteiger partial charge in [0.2, 0.25) is 0 Å². The van der Waals surface area contributed by atoms with E-state index in [1.807, 2.05) is 13.0 Å². The van der Waals surface area contributed by atoms with Crippen LogP contribution in [0.15, 0.2) is 11.6 Å². The molecule has 0 aromatic carbocycles. The van der Waals surface area contributed by atoms with Crippen LogP contribution in [0.1, 0.15) is 32.6 Å². The van der Waals surface area contributed by atoms with Crippen molar-refractivity contribution in [2.24, 2.45) is 5.41 Å². The molecular weight excluding hydrogens is 152 g/mol. The van der Waals surface area contributed by atoms with Gasteiger partial charge in [0.1, 0.15) is 11.6 Å². The van der Waals surface area contributed by atoms with E-state index < -0.39 is 0 Å². The number of rotatable bonds is 0. The van der Waals surface area contributed by atoms with Crippen molar-refractivity contribution < 1.29 is 9.59 Å². The van der Waals surface area contributed by atoms with E-state index >= 15 is 0 Å². The molecule has 0 bridgehead atoms. The van der Waals surface area contributed by atoms with Crippen molar-refractivity contribution in [3.63, 3.8) is 0 Å². The summed E-state index contributed by atoms with van der Waals surface area (Å²) in [5.74, 6) is 0.582. The lowest BCUT2D eigenvalue weighted by Crippen LogP contribution is -2.31. The molecule has 0 aromatic rings. The van der Waals surface area contributed by atoms with Crippen LogP contribution in [0, 0.1) is 5.41 Å².